The Labute approximate surface area is 99.2 Å². The summed E-state index contributed by atoms with van der Waals surface area (Å²) in [6.45, 7) is 2.07. The lowest BCUT2D eigenvalue weighted by Crippen LogP contribution is -2.34. The lowest BCUT2D eigenvalue weighted by atomic mass is 10.1. The van der Waals surface area contributed by atoms with Gasteiger partial charge in [-0.15, -0.1) is 12.4 Å². The van der Waals surface area contributed by atoms with Gasteiger partial charge in [-0.05, 0) is 23.8 Å². The minimum Gasteiger partial charge on any atom is -0.378 e. The average Bonchev–Trinajstić information content (AvgIpc) is 2.18. The van der Waals surface area contributed by atoms with Gasteiger partial charge in [-0.1, -0.05) is 11.6 Å². The standard InChI is InChI=1S/C10H11ClFNO.ClH/c11-8-3-7(4-9(12)5-8)10-6-14-2-1-13-10;/h3-5,10,13H,1-2,6H2;1H/t10-;/m1./s1. The molecule has 1 saturated heterocycles. The van der Waals surface area contributed by atoms with E-state index in [0.717, 1.165) is 12.1 Å². The van der Waals surface area contributed by atoms with Crippen molar-refractivity contribution < 1.29 is 9.13 Å². The molecule has 0 amide bonds. The number of hydrogen-bond acceptors (Lipinski definition) is 2. The maximum Gasteiger partial charge on any atom is 0.125 e. The van der Waals surface area contributed by atoms with Gasteiger partial charge in [0.05, 0.1) is 19.3 Å². The molecule has 2 nitrogen and oxygen atoms in total. The molecule has 0 radical (unpaired) electrons. The highest BCUT2D eigenvalue weighted by Gasteiger charge is 2.16. The average molecular weight is 252 g/mol. The quantitative estimate of drug-likeness (QED) is 0.829. The molecule has 2 rings (SSSR count). The molecule has 0 spiro atoms. The fourth-order valence-corrected chi connectivity index (χ4v) is 1.79. The van der Waals surface area contributed by atoms with Crippen molar-refractivity contribution in [3.63, 3.8) is 0 Å². The number of rotatable bonds is 1. The summed E-state index contributed by atoms with van der Waals surface area (Å²) in [5.74, 6) is -0.306. The zero-order valence-corrected chi connectivity index (χ0v) is 9.58. The third-order valence-corrected chi connectivity index (χ3v) is 2.43. The Bertz CT molecular complexity index is 309. The van der Waals surface area contributed by atoms with E-state index >= 15 is 0 Å². The molecule has 0 unspecified atom stereocenters. The fraction of sp³-hybridized carbons (Fsp3) is 0.400. The van der Waals surface area contributed by atoms with Crippen LogP contribution in [-0.2, 0) is 4.74 Å². The molecule has 0 aromatic heterocycles. The van der Waals surface area contributed by atoms with Crippen molar-refractivity contribution in [1.82, 2.24) is 5.32 Å². The maximum atomic E-state index is 13.0. The van der Waals surface area contributed by atoms with Crippen LogP contribution in [0.15, 0.2) is 18.2 Å². The topological polar surface area (TPSA) is 21.3 Å². The molecule has 0 saturated carbocycles. The van der Waals surface area contributed by atoms with Crippen LogP contribution in [0.25, 0.3) is 0 Å². The molecule has 0 bridgehead atoms. The van der Waals surface area contributed by atoms with Gasteiger partial charge in [-0.25, -0.2) is 4.39 Å². The number of morpholine rings is 1. The second-order valence-corrected chi connectivity index (χ2v) is 3.72. The van der Waals surface area contributed by atoms with Crippen LogP contribution in [-0.4, -0.2) is 19.8 Å². The van der Waals surface area contributed by atoms with E-state index in [1.54, 1.807) is 6.07 Å². The van der Waals surface area contributed by atoms with Gasteiger partial charge in [0.1, 0.15) is 5.82 Å². The fourth-order valence-electron chi connectivity index (χ4n) is 1.56. The number of benzene rings is 1. The Morgan fingerprint density at radius 2 is 2.20 bits per heavy atom. The Morgan fingerprint density at radius 3 is 2.80 bits per heavy atom. The summed E-state index contributed by atoms with van der Waals surface area (Å²) in [4.78, 5) is 0. The molecule has 1 fully saturated rings. The number of nitrogens with one attached hydrogen (secondary N) is 1. The molecule has 15 heavy (non-hydrogen) atoms. The van der Waals surface area contributed by atoms with E-state index in [1.165, 1.54) is 12.1 Å². The first-order valence-corrected chi connectivity index (χ1v) is 4.90. The minimum absolute atomic E-state index is 0. The summed E-state index contributed by atoms with van der Waals surface area (Å²) in [6, 6.07) is 4.60. The maximum absolute atomic E-state index is 13.0. The Morgan fingerprint density at radius 1 is 1.40 bits per heavy atom. The van der Waals surface area contributed by atoms with E-state index < -0.39 is 0 Å². The van der Waals surface area contributed by atoms with E-state index in [0.29, 0.717) is 18.2 Å². The van der Waals surface area contributed by atoms with Gasteiger partial charge in [0.25, 0.3) is 0 Å². The van der Waals surface area contributed by atoms with Crippen LogP contribution in [0.4, 0.5) is 4.39 Å². The normalized spacial score (nSPS) is 20.8. The van der Waals surface area contributed by atoms with Gasteiger partial charge in [0.2, 0.25) is 0 Å². The zero-order valence-electron chi connectivity index (χ0n) is 8.00. The molecular formula is C10H12Cl2FNO. The summed E-state index contributed by atoms with van der Waals surface area (Å²) in [5.41, 5.74) is 0.842. The minimum atomic E-state index is -0.306. The monoisotopic (exact) mass is 251 g/mol. The Kier molecular flexibility index (Phi) is 4.80. The number of ether oxygens (including phenoxy) is 1. The van der Waals surface area contributed by atoms with E-state index in [9.17, 15) is 4.39 Å². The van der Waals surface area contributed by atoms with Crippen LogP contribution in [0.5, 0.6) is 0 Å². The highest BCUT2D eigenvalue weighted by Crippen LogP contribution is 2.21. The zero-order chi connectivity index (χ0) is 9.97. The first-order valence-electron chi connectivity index (χ1n) is 4.53. The van der Waals surface area contributed by atoms with E-state index in [1.807, 2.05) is 0 Å². The van der Waals surface area contributed by atoms with Crippen molar-refractivity contribution in [2.75, 3.05) is 19.8 Å². The highest BCUT2D eigenvalue weighted by atomic mass is 35.5. The van der Waals surface area contributed by atoms with Crippen LogP contribution in [0.1, 0.15) is 11.6 Å². The SMILES string of the molecule is Cl.Fc1cc(Cl)cc([C@H]2COCCN2)c1. The summed E-state index contributed by atoms with van der Waals surface area (Å²) < 4.78 is 18.3. The molecule has 1 atom stereocenters. The van der Waals surface area contributed by atoms with Crippen LogP contribution >= 0.6 is 24.0 Å². The molecule has 1 aliphatic rings. The predicted molar refractivity (Wildman–Crippen MR) is 60.2 cm³/mol. The van der Waals surface area contributed by atoms with Crippen LogP contribution in [0, 0.1) is 5.82 Å². The molecule has 1 aromatic carbocycles. The summed E-state index contributed by atoms with van der Waals surface area (Å²) in [5, 5.41) is 3.66. The summed E-state index contributed by atoms with van der Waals surface area (Å²) in [6.07, 6.45) is 0. The van der Waals surface area contributed by atoms with Crippen molar-refractivity contribution in [3.05, 3.63) is 34.6 Å². The second-order valence-electron chi connectivity index (χ2n) is 3.28. The molecule has 1 heterocycles. The van der Waals surface area contributed by atoms with Crippen molar-refractivity contribution in [2.24, 2.45) is 0 Å². The van der Waals surface area contributed by atoms with Gasteiger partial charge >= 0.3 is 0 Å². The Hall–Kier alpha value is -0.350. The summed E-state index contributed by atoms with van der Waals surface area (Å²) in [7, 11) is 0. The molecule has 1 N–H and O–H groups in total. The smallest absolute Gasteiger partial charge is 0.125 e. The Balaban J connectivity index is 0.00000112. The molecule has 1 aromatic rings. The third kappa shape index (κ3) is 3.31. The molecule has 5 heteroatoms. The van der Waals surface area contributed by atoms with Crippen molar-refractivity contribution in [2.45, 2.75) is 6.04 Å². The lowest BCUT2D eigenvalue weighted by Gasteiger charge is -2.24. The van der Waals surface area contributed by atoms with Crippen molar-refractivity contribution in [3.8, 4) is 0 Å². The van der Waals surface area contributed by atoms with E-state index in [4.69, 9.17) is 16.3 Å². The largest absolute Gasteiger partial charge is 0.378 e. The van der Waals surface area contributed by atoms with E-state index in [2.05, 4.69) is 5.32 Å². The predicted octanol–water partition coefficient (Wildman–Crippen LogP) is 2.56. The molecule has 0 aliphatic carbocycles. The van der Waals surface area contributed by atoms with Gasteiger partial charge < -0.3 is 10.1 Å². The lowest BCUT2D eigenvalue weighted by molar-refractivity contribution is 0.0768. The summed E-state index contributed by atoms with van der Waals surface area (Å²) >= 11 is 5.76. The second kappa shape index (κ2) is 5.66. The van der Waals surface area contributed by atoms with Gasteiger partial charge in [0.15, 0.2) is 0 Å². The van der Waals surface area contributed by atoms with Gasteiger partial charge in [-0.2, -0.15) is 0 Å². The molecular weight excluding hydrogens is 240 g/mol. The number of halogens is 3. The first kappa shape index (κ1) is 12.7. The van der Waals surface area contributed by atoms with E-state index in [-0.39, 0.29) is 24.3 Å². The van der Waals surface area contributed by atoms with Gasteiger partial charge in [-0.3, -0.25) is 0 Å². The highest BCUT2D eigenvalue weighted by molar-refractivity contribution is 6.30. The molecule has 1 aliphatic heterocycles. The van der Waals surface area contributed by atoms with Crippen LogP contribution in [0.2, 0.25) is 5.02 Å². The van der Waals surface area contributed by atoms with Crippen molar-refractivity contribution in [1.29, 1.82) is 0 Å². The molecule has 84 valence electrons. The van der Waals surface area contributed by atoms with Crippen LogP contribution in [0.3, 0.4) is 0 Å². The number of hydrogen-bond donors (Lipinski definition) is 1. The van der Waals surface area contributed by atoms with Gasteiger partial charge in [0, 0.05) is 11.6 Å². The first-order chi connectivity index (χ1) is 6.75. The third-order valence-electron chi connectivity index (χ3n) is 2.21. The van der Waals surface area contributed by atoms with Crippen molar-refractivity contribution >= 4 is 24.0 Å². The van der Waals surface area contributed by atoms with Crippen LogP contribution < -0.4 is 5.32 Å².